The van der Waals surface area contributed by atoms with Gasteiger partial charge in [0.2, 0.25) is 0 Å². The van der Waals surface area contributed by atoms with E-state index >= 15 is 0 Å². The van der Waals surface area contributed by atoms with Crippen LogP contribution >= 0.6 is 0 Å². The van der Waals surface area contributed by atoms with Crippen LogP contribution in [0, 0.1) is 0 Å². The maximum Gasteiger partial charge on any atom is 0.118 e. The van der Waals surface area contributed by atoms with E-state index in [2.05, 4.69) is 22.3 Å². The van der Waals surface area contributed by atoms with E-state index < -0.39 is 0 Å². The molecule has 19 heavy (non-hydrogen) atoms. The smallest absolute Gasteiger partial charge is 0.118 e. The highest BCUT2D eigenvalue weighted by molar-refractivity contribution is 5.30. The fraction of sp³-hybridized carbons (Fsp3) is 0.400. The summed E-state index contributed by atoms with van der Waals surface area (Å²) in [4.78, 5) is 0. The Morgan fingerprint density at radius 1 is 1.26 bits per heavy atom. The first kappa shape index (κ1) is 12.2. The standard InChI is InChI=1S/C15H18N2O2/c1-18-12-5-2-11(3-6-12)4-7-14-13-10-19-9-8-15(13)17-16-14/h2-3,5-6H,4,7-10H2,1H3,(H,16,17). The molecule has 0 amide bonds. The number of H-pyrrole nitrogens is 1. The lowest BCUT2D eigenvalue weighted by atomic mass is 10.0. The average Bonchev–Trinajstić information content (AvgIpc) is 2.89. The summed E-state index contributed by atoms with van der Waals surface area (Å²) in [6, 6.07) is 8.21. The quantitative estimate of drug-likeness (QED) is 0.915. The van der Waals surface area contributed by atoms with Gasteiger partial charge in [-0.3, -0.25) is 5.10 Å². The molecule has 0 saturated heterocycles. The normalized spacial score (nSPS) is 14.2. The predicted octanol–water partition coefficient (Wildman–Crippen LogP) is 2.28. The number of rotatable bonds is 4. The summed E-state index contributed by atoms with van der Waals surface area (Å²) in [5.74, 6) is 0.897. The number of hydrogen-bond donors (Lipinski definition) is 1. The van der Waals surface area contributed by atoms with Gasteiger partial charge in [0.05, 0.1) is 26.0 Å². The van der Waals surface area contributed by atoms with Gasteiger partial charge in [-0.25, -0.2) is 0 Å². The third-order valence-corrected chi connectivity index (χ3v) is 3.59. The second-order valence-electron chi connectivity index (χ2n) is 4.78. The second kappa shape index (κ2) is 5.45. The number of methoxy groups -OCH3 is 1. The Balaban J connectivity index is 1.66. The first-order chi connectivity index (χ1) is 9.36. The maximum absolute atomic E-state index is 5.50. The number of aryl methyl sites for hydroxylation is 2. The van der Waals surface area contributed by atoms with E-state index in [0.29, 0.717) is 6.61 Å². The summed E-state index contributed by atoms with van der Waals surface area (Å²) >= 11 is 0. The number of hydrogen-bond acceptors (Lipinski definition) is 3. The fourth-order valence-corrected chi connectivity index (χ4v) is 2.43. The molecular formula is C15H18N2O2. The molecular weight excluding hydrogens is 240 g/mol. The molecule has 0 saturated carbocycles. The van der Waals surface area contributed by atoms with Crippen LogP contribution in [0.4, 0.5) is 0 Å². The average molecular weight is 258 g/mol. The SMILES string of the molecule is COc1ccc(CCc2n[nH]c3c2COCC3)cc1. The zero-order valence-electron chi connectivity index (χ0n) is 11.1. The molecule has 0 spiro atoms. The van der Waals surface area contributed by atoms with Crippen molar-refractivity contribution in [3.8, 4) is 5.75 Å². The number of fused-ring (bicyclic) bond motifs is 1. The molecule has 4 nitrogen and oxygen atoms in total. The van der Waals surface area contributed by atoms with E-state index in [1.165, 1.54) is 16.8 Å². The Bertz CT molecular complexity index is 546. The third-order valence-electron chi connectivity index (χ3n) is 3.59. The molecule has 4 heteroatoms. The van der Waals surface area contributed by atoms with Gasteiger partial charge in [-0.05, 0) is 30.5 Å². The molecule has 1 aromatic heterocycles. The maximum atomic E-state index is 5.50. The number of ether oxygens (including phenoxy) is 2. The van der Waals surface area contributed by atoms with Crippen molar-refractivity contribution in [2.75, 3.05) is 13.7 Å². The molecule has 0 unspecified atom stereocenters. The Morgan fingerprint density at radius 2 is 2.11 bits per heavy atom. The van der Waals surface area contributed by atoms with Crippen molar-refractivity contribution in [2.45, 2.75) is 25.9 Å². The van der Waals surface area contributed by atoms with Crippen LogP contribution < -0.4 is 4.74 Å². The van der Waals surface area contributed by atoms with Crippen molar-refractivity contribution in [3.05, 3.63) is 46.8 Å². The summed E-state index contributed by atoms with van der Waals surface area (Å²) < 4.78 is 10.7. The molecule has 1 aromatic carbocycles. The summed E-state index contributed by atoms with van der Waals surface area (Å²) in [6.07, 6.45) is 2.88. The summed E-state index contributed by atoms with van der Waals surface area (Å²) in [5.41, 5.74) is 4.95. The number of aromatic nitrogens is 2. The van der Waals surface area contributed by atoms with Crippen LogP contribution in [0.25, 0.3) is 0 Å². The first-order valence-electron chi connectivity index (χ1n) is 6.62. The van der Waals surface area contributed by atoms with Crippen molar-refractivity contribution in [3.63, 3.8) is 0 Å². The van der Waals surface area contributed by atoms with Crippen LogP contribution in [0.1, 0.15) is 22.5 Å². The minimum atomic E-state index is 0.698. The monoisotopic (exact) mass is 258 g/mol. The first-order valence-corrected chi connectivity index (χ1v) is 6.62. The van der Waals surface area contributed by atoms with Gasteiger partial charge in [-0.15, -0.1) is 0 Å². The lowest BCUT2D eigenvalue weighted by Gasteiger charge is -2.12. The van der Waals surface area contributed by atoms with Gasteiger partial charge in [0, 0.05) is 17.7 Å². The van der Waals surface area contributed by atoms with E-state index in [4.69, 9.17) is 9.47 Å². The van der Waals surface area contributed by atoms with Gasteiger partial charge in [-0.2, -0.15) is 5.10 Å². The highest BCUT2D eigenvalue weighted by atomic mass is 16.5. The van der Waals surface area contributed by atoms with E-state index in [1.54, 1.807) is 7.11 Å². The molecule has 0 bridgehead atoms. The zero-order chi connectivity index (χ0) is 13.1. The minimum absolute atomic E-state index is 0.698. The number of benzene rings is 1. The Morgan fingerprint density at radius 3 is 2.89 bits per heavy atom. The molecule has 1 N–H and O–H groups in total. The van der Waals surface area contributed by atoms with Crippen molar-refractivity contribution in [1.82, 2.24) is 10.2 Å². The van der Waals surface area contributed by atoms with Gasteiger partial charge < -0.3 is 9.47 Å². The Hall–Kier alpha value is -1.81. The molecule has 1 aliphatic heterocycles. The van der Waals surface area contributed by atoms with Gasteiger partial charge in [0.1, 0.15) is 5.75 Å². The largest absolute Gasteiger partial charge is 0.497 e. The predicted molar refractivity (Wildman–Crippen MR) is 72.3 cm³/mol. The summed E-state index contributed by atoms with van der Waals surface area (Å²) in [7, 11) is 1.69. The number of nitrogens with one attached hydrogen (secondary N) is 1. The second-order valence-corrected chi connectivity index (χ2v) is 4.78. The van der Waals surface area contributed by atoms with Crippen LogP contribution in [0.15, 0.2) is 24.3 Å². The molecule has 0 atom stereocenters. The summed E-state index contributed by atoms with van der Waals surface area (Å²) in [5, 5.41) is 7.55. The van der Waals surface area contributed by atoms with E-state index in [1.807, 2.05) is 12.1 Å². The van der Waals surface area contributed by atoms with Crippen LogP contribution in [0.2, 0.25) is 0 Å². The van der Waals surface area contributed by atoms with Gasteiger partial charge in [0.25, 0.3) is 0 Å². The third kappa shape index (κ3) is 2.63. The molecule has 0 aliphatic carbocycles. The van der Waals surface area contributed by atoms with Crippen molar-refractivity contribution < 1.29 is 9.47 Å². The number of aromatic amines is 1. The molecule has 0 radical (unpaired) electrons. The highest BCUT2D eigenvalue weighted by Crippen LogP contribution is 2.20. The molecule has 3 rings (SSSR count). The van der Waals surface area contributed by atoms with Crippen LogP contribution in [-0.4, -0.2) is 23.9 Å². The Labute approximate surface area is 112 Å². The molecule has 0 fully saturated rings. The van der Waals surface area contributed by atoms with Crippen LogP contribution in [0.3, 0.4) is 0 Å². The van der Waals surface area contributed by atoms with Crippen LogP contribution in [-0.2, 0) is 30.6 Å². The van der Waals surface area contributed by atoms with Gasteiger partial charge in [0.15, 0.2) is 0 Å². The lowest BCUT2D eigenvalue weighted by molar-refractivity contribution is 0.109. The van der Waals surface area contributed by atoms with E-state index in [-0.39, 0.29) is 0 Å². The Kier molecular flexibility index (Phi) is 3.51. The van der Waals surface area contributed by atoms with Crippen molar-refractivity contribution in [1.29, 1.82) is 0 Å². The van der Waals surface area contributed by atoms with Crippen LogP contribution in [0.5, 0.6) is 5.75 Å². The topological polar surface area (TPSA) is 47.1 Å². The lowest BCUT2D eigenvalue weighted by Crippen LogP contribution is -2.10. The molecule has 1 aliphatic rings. The number of nitrogens with zero attached hydrogens (tertiary/aromatic N) is 1. The summed E-state index contributed by atoms with van der Waals surface area (Å²) in [6.45, 7) is 1.50. The van der Waals surface area contributed by atoms with E-state index in [9.17, 15) is 0 Å². The fourth-order valence-electron chi connectivity index (χ4n) is 2.43. The minimum Gasteiger partial charge on any atom is -0.497 e. The molecule has 2 aromatic rings. The zero-order valence-corrected chi connectivity index (χ0v) is 11.1. The van der Waals surface area contributed by atoms with Crippen molar-refractivity contribution >= 4 is 0 Å². The van der Waals surface area contributed by atoms with Crippen molar-refractivity contribution in [2.24, 2.45) is 0 Å². The molecule has 100 valence electrons. The van der Waals surface area contributed by atoms with Gasteiger partial charge in [-0.1, -0.05) is 12.1 Å². The highest BCUT2D eigenvalue weighted by Gasteiger charge is 2.16. The van der Waals surface area contributed by atoms with E-state index in [0.717, 1.165) is 37.3 Å². The van der Waals surface area contributed by atoms with Gasteiger partial charge >= 0.3 is 0 Å². The molecule has 2 heterocycles.